The molecule has 1 unspecified atom stereocenters. The number of anilines is 1. The standard InChI is InChI=1S/C43H53ClN6O5/c1-42(2,3)55-41(52)50-22-18-48(19-23-50)29-43(4)14-12-36(30-6-8-33(44)9-7-30)32(26-43)28-47-16-20-49(21-17-47)34-10-11-37(40(51)53-5)38(25-34)54-35-24-31-13-15-45-39(31)46-27-35/h6-11,13,15,24-25,27H,12,14,16-23,26,28-29H2,1-5H3,(H,45,46). The SMILES string of the molecule is COC(=O)c1ccc(N2CCN(CC3=C(c4ccc(Cl)cc4)CCC(C)(CN4CCN(C(=O)OC(C)(C)C)CC4)C3)CC2)cc1Oc1cnc2[nH]ccc2c1. The first-order chi connectivity index (χ1) is 26.3. The van der Waals surface area contributed by atoms with E-state index in [1.54, 1.807) is 12.3 Å². The molecule has 55 heavy (non-hydrogen) atoms. The number of halogens is 1. The molecule has 7 rings (SSSR count). The van der Waals surface area contributed by atoms with E-state index in [4.69, 9.17) is 25.8 Å². The predicted octanol–water partition coefficient (Wildman–Crippen LogP) is 8.11. The summed E-state index contributed by atoms with van der Waals surface area (Å²) in [5.74, 6) is 0.537. The van der Waals surface area contributed by atoms with Gasteiger partial charge in [-0.15, -0.1) is 0 Å². The summed E-state index contributed by atoms with van der Waals surface area (Å²) in [6, 6.07) is 17.9. The number of pyridine rings is 1. The molecule has 1 atom stereocenters. The Morgan fingerprint density at radius 3 is 2.36 bits per heavy atom. The molecule has 4 heterocycles. The minimum atomic E-state index is -0.492. The number of hydrogen-bond acceptors (Lipinski definition) is 9. The van der Waals surface area contributed by atoms with Gasteiger partial charge in [-0.05, 0) is 93.0 Å². The number of nitrogens with one attached hydrogen (secondary N) is 1. The number of H-pyrrole nitrogens is 1. The Balaban J connectivity index is 1.02. The number of rotatable bonds is 9. The highest BCUT2D eigenvalue weighted by atomic mass is 35.5. The van der Waals surface area contributed by atoms with Crippen LogP contribution in [-0.2, 0) is 9.47 Å². The molecular weight excluding hydrogens is 716 g/mol. The smallest absolute Gasteiger partial charge is 0.410 e. The van der Waals surface area contributed by atoms with Crippen molar-refractivity contribution in [1.82, 2.24) is 24.7 Å². The molecule has 11 nitrogen and oxygen atoms in total. The van der Waals surface area contributed by atoms with Crippen molar-refractivity contribution in [2.75, 3.05) is 77.5 Å². The number of aromatic amines is 1. The number of hydrogen-bond donors (Lipinski definition) is 1. The van der Waals surface area contributed by atoms with Crippen LogP contribution in [-0.4, -0.2) is 115 Å². The molecule has 1 aliphatic carbocycles. The van der Waals surface area contributed by atoms with E-state index in [9.17, 15) is 9.59 Å². The van der Waals surface area contributed by atoms with Gasteiger partial charge in [-0.2, -0.15) is 0 Å². The van der Waals surface area contributed by atoms with Gasteiger partial charge >= 0.3 is 12.1 Å². The summed E-state index contributed by atoms with van der Waals surface area (Å²) in [5, 5.41) is 1.68. The summed E-state index contributed by atoms with van der Waals surface area (Å²) in [5.41, 5.74) is 5.98. The topological polar surface area (TPSA) is 103 Å². The van der Waals surface area contributed by atoms with Gasteiger partial charge < -0.3 is 29.0 Å². The minimum absolute atomic E-state index is 0.125. The van der Waals surface area contributed by atoms with Crippen molar-refractivity contribution in [3.63, 3.8) is 0 Å². The second-order valence-corrected chi connectivity index (χ2v) is 16.9. The maximum Gasteiger partial charge on any atom is 0.410 e. The average molecular weight is 769 g/mol. The quantitative estimate of drug-likeness (QED) is 0.169. The zero-order valence-electron chi connectivity index (χ0n) is 32.7. The number of ether oxygens (including phenoxy) is 3. The number of carbonyl (C=O) groups is 2. The highest BCUT2D eigenvalue weighted by Crippen LogP contribution is 2.44. The van der Waals surface area contributed by atoms with E-state index in [0.29, 0.717) is 30.2 Å². The van der Waals surface area contributed by atoms with Gasteiger partial charge in [0.25, 0.3) is 0 Å². The number of carbonyl (C=O) groups excluding carboxylic acids is 2. The zero-order valence-corrected chi connectivity index (χ0v) is 33.5. The molecule has 2 aliphatic heterocycles. The highest BCUT2D eigenvalue weighted by Gasteiger charge is 2.36. The fraction of sp³-hybridized carbons (Fsp3) is 0.465. The van der Waals surface area contributed by atoms with Gasteiger partial charge in [0.1, 0.15) is 28.3 Å². The molecule has 0 spiro atoms. The van der Waals surface area contributed by atoms with E-state index >= 15 is 0 Å². The summed E-state index contributed by atoms with van der Waals surface area (Å²) in [6.45, 7) is 16.7. The lowest BCUT2D eigenvalue weighted by Gasteiger charge is -2.44. The molecule has 0 bridgehead atoms. The maximum atomic E-state index is 12.7. The van der Waals surface area contributed by atoms with Crippen molar-refractivity contribution in [3.8, 4) is 11.5 Å². The molecule has 4 aromatic rings. The molecule has 1 N–H and O–H groups in total. The summed E-state index contributed by atoms with van der Waals surface area (Å²) >= 11 is 6.32. The van der Waals surface area contributed by atoms with Gasteiger partial charge in [-0.25, -0.2) is 14.6 Å². The Morgan fingerprint density at radius 1 is 0.927 bits per heavy atom. The van der Waals surface area contributed by atoms with Crippen LogP contribution < -0.4 is 9.64 Å². The number of allylic oxidation sites excluding steroid dienone is 1. The summed E-state index contributed by atoms with van der Waals surface area (Å²) in [4.78, 5) is 42.3. The number of esters is 1. The molecule has 2 saturated heterocycles. The van der Waals surface area contributed by atoms with Crippen LogP contribution in [0.1, 0.15) is 62.9 Å². The van der Waals surface area contributed by atoms with Crippen LogP contribution in [0.3, 0.4) is 0 Å². The van der Waals surface area contributed by atoms with Crippen molar-refractivity contribution in [2.45, 2.75) is 52.6 Å². The summed E-state index contributed by atoms with van der Waals surface area (Å²) in [6.07, 6.45) is 6.42. The molecule has 12 heteroatoms. The van der Waals surface area contributed by atoms with E-state index in [1.807, 2.05) is 68.3 Å². The van der Waals surface area contributed by atoms with Crippen LogP contribution in [0, 0.1) is 5.41 Å². The number of piperazine rings is 2. The van der Waals surface area contributed by atoms with Gasteiger partial charge in [0.05, 0.1) is 13.3 Å². The van der Waals surface area contributed by atoms with Gasteiger partial charge in [-0.1, -0.05) is 36.2 Å². The minimum Gasteiger partial charge on any atom is -0.465 e. The number of fused-ring (bicyclic) bond motifs is 1. The molecule has 0 radical (unpaired) electrons. The first-order valence-corrected chi connectivity index (χ1v) is 19.7. The van der Waals surface area contributed by atoms with Crippen LogP contribution in [0.4, 0.5) is 10.5 Å². The van der Waals surface area contributed by atoms with E-state index < -0.39 is 11.6 Å². The third-order valence-electron chi connectivity index (χ3n) is 11.0. The predicted molar refractivity (Wildman–Crippen MR) is 217 cm³/mol. The number of amides is 1. The zero-order chi connectivity index (χ0) is 38.7. The summed E-state index contributed by atoms with van der Waals surface area (Å²) < 4.78 is 17.0. The second-order valence-electron chi connectivity index (χ2n) is 16.4. The molecule has 292 valence electrons. The van der Waals surface area contributed by atoms with Crippen molar-refractivity contribution in [2.24, 2.45) is 5.41 Å². The van der Waals surface area contributed by atoms with E-state index in [-0.39, 0.29) is 11.5 Å². The van der Waals surface area contributed by atoms with Gasteiger partial charge in [-0.3, -0.25) is 9.80 Å². The van der Waals surface area contributed by atoms with Crippen molar-refractivity contribution in [3.05, 3.63) is 88.7 Å². The van der Waals surface area contributed by atoms with Crippen LogP contribution >= 0.6 is 11.6 Å². The second kappa shape index (κ2) is 16.3. The molecule has 2 aromatic carbocycles. The molecule has 2 aromatic heterocycles. The van der Waals surface area contributed by atoms with Gasteiger partial charge in [0.2, 0.25) is 0 Å². The van der Waals surface area contributed by atoms with Crippen molar-refractivity contribution in [1.29, 1.82) is 0 Å². The Labute approximate surface area is 329 Å². The Hall–Kier alpha value is -4.58. The Kier molecular flexibility index (Phi) is 11.4. The Bertz CT molecular complexity index is 2020. The first-order valence-electron chi connectivity index (χ1n) is 19.3. The number of aromatic nitrogens is 2. The molecule has 3 aliphatic rings. The first kappa shape index (κ1) is 38.7. The highest BCUT2D eigenvalue weighted by molar-refractivity contribution is 6.30. The van der Waals surface area contributed by atoms with Crippen molar-refractivity contribution < 1.29 is 23.8 Å². The molecule has 0 saturated carbocycles. The average Bonchev–Trinajstić information content (AvgIpc) is 3.63. The Morgan fingerprint density at radius 2 is 1.65 bits per heavy atom. The fourth-order valence-corrected chi connectivity index (χ4v) is 8.29. The van der Waals surface area contributed by atoms with Crippen LogP contribution in [0.15, 0.2) is 72.6 Å². The lowest BCUT2D eigenvalue weighted by molar-refractivity contribution is 0.0104. The van der Waals surface area contributed by atoms with Crippen LogP contribution in [0.25, 0.3) is 16.6 Å². The summed E-state index contributed by atoms with van der Waals surface area (Å²) in [7, 11) is 1.38. The molecular formula is C43H53ClN6O5. The number of benzene rings is 2. The third kappa shape index (κ3) is 9.45. The van der Waals surface area contributed by atoms with Crippen LogP contribution in [0.2, 0.25) is 5.02 Å². The van der Waals surface area contributed by atoms with Crippen LogP contribution in [0.5, 0.6) is 11.5 Å². The van der Waals surface area contributed by atoms with E-state index in [2.05, 4.69) is 43.7 Å². The molecule has 1 amide bonds. The number of methoxy groups -OCH3 is 1. The van der Waals surface area contributed by atoms with Crippen molar-refractivity contribution >= 4 is 46.0 Å². The fourth-order valence-electron chi connectivity index (χ4n) is 8.16. The normalized spacial score (nSPS) is 20.2. The monoisotopic (exact) mass is 768 g/mol. The van der Waals surface area contributed by atoms with Gasteiger partial charge in [0, 0.05) is 93.8 Å². The van der Waals surface area contributed by atoms with E-state index in [1.165, 1.54) is 23.8 Å². The van der Waals surface area contributed by atoms with Gasteiger partial charge in [0.15, 0.2) is 0 Å². The number of nitrogens with zero attached hydrogens (tertiary/aromatic N) is 5. The molecule has 2 fully saturated rings. The largest absolute Gasteiger partial charge is 0.465 e. The van der Waals surface area contributed by atoms with E-state index in [0.717, 1.165) is 93.4 Å². The lowest BCUT2D eigenvalue weighted by atomic mass is 9.71. The maximum absolute atomic E-state index is 12.7. The lowest BCUT2D eigenvalue weighted by Crippen LogP contribution is -2.52. The third-order valence-corrected chi connectivity index (χ3v) is 11.2.